The molecular weight excluding hydrogens is 190 g/mol. The lowest BCUT2D eigenvalue weighted by Crippen LogP contribution is -2.30. The van der Waals surface area contributed by atoms with Gasteiger partial charge in [-0.3, -0.25) is 9.78 Å². The highest BCUT2D eigenvalue weighted by Gasteiger charge is 2.19. The van der Waals surface area contributed by atoms with Gasteiger partial charge in [0, 0.05) is 25.6 Å². The van der Waals surface area contributed by atoms with E-state index in [4.69, 9.17) is 9.78 Å². The van der Waals surface area contributed by atoms with E-state index in [9.17, 15) is 0 Å². The Kier molecular flexibility index (Phi) is 3.33. The monoisotopic (exact) mass is 207 g/mol. The van der Waals surface area contributed by atoms with Crippen molar-refractivity contribution in [2.24, 2.45) is 0 Å². The summed E-state index contributed by atoms with van der Waals surface area (Å²) in [5.74, 6) is 0.870. The van der Waals surface area contributed by atoms with Crippen LogP contribution in [0.2, 0.25) is 0 Å². The molecule has 15 heavy (non-hydrogen) atoms. The van der Waals surface area contributed by atoms with Gasteiger partial charge in [-0.1, -0.05) is 6.08 Å². The second-order valence-electron chi connectivity index (χ2n) is 3.83. The molecule has 0 bridgehead atoms. The summed E-state index contributed by atoms with van der Waals surface area (Å²) in [6.07, 6.45) is 9.99. The van der Waals surface area contributed by atoms with Gasteiger partial charge in [-0.2, -0.15) is 0 Å². The summed E-state index contributed by atoms with van der Waals surface area (Å²) in [4.78, 5) is 12.4. The Bertz CT molecular complexity index is 288. The number of likely N-dealkylation sites (tertiary alicyclic amines) is 1. The molecule has 0 atom stereocenters. The molecular formula is C12H17NO2. The number of allylic oxidation sites excluding steroid dienone is 2. The molecule has 2 rings (SSSR count). The first kappa shape index (κ1) is 10.1. The third-order valence-electron chi connectivity index (χ3n) is 2.74. The molecule has 0 saturated carbocycles. The Hall–Kier alpha value is -1.38. The van der Waals surface area contributed by atoms with Crippen LogP contribution < -0.4 is 0 Å². The van der Waals surface area contributed by atoms with Crippen molar-refractivity contribution < 1.29 is 9.78 Å². The molecule has 0 amide bonds. The second kappa shape index (κ2) is 4.91. The zero-order valence-electron chi connectivity index (χ0n) is 8.95. The molecule has 0 spiro atoms. The van der Waals surface area contributed by atoms with E-state index < -0.39 is 0 Å². The minimum absolute atomic E-state index is 0.718. The number of piperidine rings is 1. The smallest absolute Gasteiger partial charge is 0.182 e. The highest BCUT2D eigenvalue weighted by molar-refractivity contribution is 5.23. The van der Waals surface area contributed by atoms with E-state index in [1.807, 2.05) is 12.2 Å². The maximum absolute atomic E-state index is 5.16. The molecule has 3 nitrogen and oxygen atoms in total. The molecule has 2 aliphatic rings. The summed E-state index contributed by atoms with van der Waals surface area (Å²) >= 11 is 0. The summed E-state index contributed by atoms with van der Waals surface area (Å²) in [5, 5.41) is 0. The minimum Gasteiger partial charge on any atom is -0.369 e. The summed E-state index contributed by atoms with van der Waals surface area (Å²) in [6, 6.07) is 0. The molecule has 3 heteroatoms. The Morgan fingerprint density at radius 1 is 1.33 bits per heavy atom. The Morgan fingerprint density at radius 3 is 2.87 bits per heavy atom. The molecule has 1 fully saturated rings. The fraction of sp³-hybridized carbons (Fsp3) is 0.500. The summed E-state index contributed by atoms with van der Waals surface area (Å²) in [6.45, 7) is 5.95. The van der Waals surface area contributed by atoms with Crippen molar-refractivity contribution in [3.05, 3.63) is 36.4 Å². The molecule has 0 radical (unpaired) electrons. The highest BCUT2D eigenvalue weighted by Crippen LogP contribution is 2.24. The lowest BCUT2D eigenvalue weighted by Gasteiger charge is -2.31. The number of hydrogen-bond donors (Lipinski definition) is 0. The van der Waals surface area contributed by atoms with Crippen LogP contribution in [0.1, 0.15) is 25.7 Å². The van der Waals surface area contributed by atoms with E-state index in [-0.39, 0.29) is 0 Å². The summed E-state index contributed by atoms with van der Waals surface area (Å²) in [5.41, 5.74) is 1.15. The van der Waals surface area contributed by atoms with Crippen LogP contribution >= 0.6 is 0 Å². The van der Waals surface area contributed by atoms with Crippen LogP contribution in [0.3, 0.4) is 0 Å². The number of hydrogen-bond acceptors (Lipinski definition) is 3. The highest BCUT2D eigenvalue weighted by atomic mass is 17.2. The quantitative estimate of drug-likeness (QED) is 0.524. The van der Waals surface area contributed by atoms with Gasteiger partial charge >= 0.3 is 0 Å². The third-order valence-corrected chi connectivity index (χ3v) is 2.74. The van der Waals surface area contributed by atoms with Crippen LogP contribution in [-0.4, -0.2) is 18.0 Å². The first-order valence-electron chi connectivity index (χ1n) is 5.50. The van der Waals surface area contributed by atoms with Crippen LogP contribution in [-0.2, 0) is 9.78 Å². The van der Waals surface area contributed by atoms with Gasteiger partial charge in [0.2, 0.25) is 0 Å². The standard InChI is InChI=1S/C12H17NO2/c1-2-6-12-11(7-10-14-15-12)13-8-4-3-5-9-13/h2,7,10H,1,3-6,8-9H2. The lowest BCUT2D eigenvalue weighted by atomic mass is 10.1. The molecule has 0 aromatic carbocycles. The predicted octanol–water partition coefficient (Wildman–Crippen LogP) is 2.74. The zero-order chi connectivity index (χ0) is 10.5. The van der Waals surface area contributed by atoms with E-state index in [1.165, 1.54) is 19.3 Å². The third kappa shape index (κ3) is 2.35. The van der Waals surface area contributed by atoms with Gasteiger partial charge in [0.1, 0.15) is 6.26 Å². The minimum atomic E-state index is 0.718. The largest absolute Gasteiger partial charge is 0.369 e. The zero-order valence-corrected chi connectivity index (χ0v) is 8.95. The maximum atomic E-state index is 5.16. The van der Waals surface area contributed by atoms with Crippen molar-refractivity contribution in [3.63, 3.8) is 0 Å². The van der Waals surface area contributed by atoms with Crippen LogP contribution in [0.5, 0.6) is 0 Å². The molecule has 2 aliphatic heterocycles. The van der Waals surface area contributed by atoms with Gasteiger partial charge in [0.05, 0.1) is 5.70 Å². The van der Waals surface area contributed by atoms with Crippen molar-refractivity contribution in [2.75, 3.05) is 13.1 Å². The molecule has 0 aromatic rings. The average molecular weight is 207 g/mol. The normalized spacial score (nSPS) is 20.9. The van der Waals surface area contributed by atoms with Gasteiger partial charge in [-0.05, 0) is 19.3 Å². The molecule has 1 saturated heterocycles. The fourth-order valence-corrected chi connectivity index (χ4v) is 2.00. The first-order chi connectivity index (χ1) is 7.42. The lowest BCUT2D eigenvalue weighted by molar-refractivity contribution is -0.218. The van der Waals surface area contributed by atoms with Crippen molar-refractivity contribution in [1.82, 2.24) is 4.90 Å². The van der Waals surface area contributed by atoms with Crippen LogP contribution in [0.25, 0.3) is 0 Å². The molecule has 82 valence electrons. The molecule has 0 aromatic heterocycles. The van der Waals surface area contributed by atoms with E-state index in [0.29, 0.717) is 0 Å². The van der Waals surface area contributed by atoms with Gasteiger partial charge < -0.3 is 4.90 Å². The Morgan fingerprint density at radius 2 is 2.13 bits per heavy atom. The molecule has 0 aliphatic carbocycles. The van der Waals surface area contributed by atoms with Crippen molar-refractivity contribution in [3.8, 4) is 0 Å². The molecule has 2 heterocycles. The predicted molar refractivity (Wildman–Crippen MR) is 58.6 cm³/mol. The van der Waals surface area contributed by atoms with Crippen molar-refractivity contribution in [2.45, 2.75) is 25.7 Å². The Balaban J connectivity index is 2.13. The molecule has 0 unspecified atom stereocenters. The van der Waals surface area contributed by atoms with E-state index in [1.54, 1.807) is 6.26 Å². The summed E-state index contributed by atoms with van der Waals surface area (Å²) in [7, 11) is 0. The topological polar surface area (TPSA) is 21.7 Å². The molecule has 0 N–H and O–H groups in total. The van der Waals surface area contributed by atoms with Crippen LogP contribution in [0.4, 0.5) is 0 Å². The van der Waals surface area contributed by atoms with Gasteiger partial charge in [0.25, 0.3) is 0 Å². The van der Waals surface area contributed by atoms with E-state index >= 15 is 0 Å². The van der Waals surface area contributed by atoms with Crippen molar-refractivity contribution in [1.29, 1.82) is 0 Å². The van der Waals surface area contributed by atoms with Gasteiger partial charge in [-0.25, -0.2) is 0 Å². The van der Waals surface area contributed by atoms with Gasteiger partial charge in [-0.15, -0.1) is 6.58 Å². The number of rotatable bonds is 3. The first-order valence-corrected chi connectivity index (χ1v) is 5.50. The SMILES string of the molecule is C=CCC1=C(N2CCCCC2)C=COO1. The average Bonchev–Trinajstić information content (AvgIpc) is 2.31. The van der Waals surface area contributed by atoms with E-state index in [2.05, 4.69) is 11.5 Å². The number of nitrogens with zero attached hydrogens (tertiary/aromatic N) is 1. The maximum Gasteiger partial charge on any atom is 0.182 e. The van der Waals surface area contributed by atoms with Crippen LogP contribution in [0.15, 0.2) is 36.4 Å². The van der Waals surface area contributed by atoms with E-state index in [0.717, 1.165) is 31.0 Å². The Labute approximate surface area is 90.6 Å². The fourth-order valence-electron chi connectivity index (χ4n) is 2.00. The summed E-state index contributed by atoms with van der Waals surface area (Å²) < 4.78 is 0. The van der Waals surface area contributed by atoms with Crippen molar-refractivity contribution >= 4 is 0 Å². The second-order valence-corrected chi connectivity index (χ2v) is 3.83. The van der Waals surface area contributed by atoms with Gasteiger partial charge in [0.15, 0.2) is 5.76 Å². The van der Waals surface area contributed by atoms with Crippen LogP contribution in [0, 0.1) is 0 Å².